The van der Waals surface area contributed by atoms with Gasteiger partial charge in [0.1, 0.15) is 5.01 Å². The molecule has 2 atom stereocenters. The molecule has 0 spiro atoms. The highest BCUT2D eigenvalue weighted by Crippen LogP contribution is 2.23. The van der Waals surface area contributed by atoms with Crippen LogP contribution in [0.3, 0.4) is 0 Å². The fourth-order valence-electron chi connectivity index (χ4n) is 3.36. The average molecular weight is 437 g/mol. The molecule has 2 aromatic rings. The van der Waals surface area contributed by atoms with Gasteiger partial charge in [-0.05, 0) is 38.0 Å². The lowest BCUT2D eigenvalue weighted by Crippen LogP contribution is -2.48. The van der Waals surface area contributed by atoms with Crippen LogP contribution < -0.4 is 0 Å². The quantitative estimate of drug-likeness (QED) is 0.489. The van der Waals surface area contributed by atoms with Gasteiger partial charge in [0, 0.05) is 18.2 Å². The molecule has 1 aliphatic rings. The molecule has 1 aromatic carbocycles. The van der Waals surface area contributed by atoms with E-state index in [1.54, 1.807) is 11.0 Å². The van der Waals surface area contributed by atoms with Gasteiger partial charge in [-0.1, -0.05) is 19.1 Å². The Morgan fingerprint density at radius 2 is 2.14 bits per heavy atom. The molecule has 0 saturated carbocycles. The van der Waals surface area contributed by atoms with E-state index >= 15 is 0 Å². The second-order valence-electron chi connectivity index (χ2n) is 7.08. The number of carbonyl (C=O) groups is 2. The van der Waals surface area contributed by atoms with E-state index in [2.05, 4.69) is 4.98 Å². The van der Waals surface area contributed by atoms with E-state index in [0.29, 0.717) is 17.8 Å². The van der Waals surface area contributed by atoms with Gasteiger partial charge in [-0.3, -0.25) is 4.79 Å². The standard InChI is InChI=1S/C20H24N2O5S2/c1-3-14(2)22(15-10-11-29(25,26)13-15)19(23)12-27-20(24)9-8-18-21-16-6-4-5-7-17(16)28-18/h4-9,14-15H,3,10-13H2,1-2H3. The first-order valence-corrected chi connectivity index (χ1v) is 12.1. The predicted molar refractivity (Wildman–Crippen MR) is 113 cm³/mol. The second kappa shape index (κ2) is 9.04. The topological polar surface area (TPSA) is 93.6 Å². The maximum Gasteiger partial charge on any atom is 0.331 e. The summed E-state index contributed by atoms with van der Waals surface area (Å²) < 4.78 is 29.7. The van der Waals surface area contributed by atoms with E-state index in [1.807, 2.05) is 38.1 Å². The molecule has 156 valence electrons. The lowest BCUT2D eigenvalue weighted by molar-refractivity contribution is -0.150. The van der Waals surface area contributed by atoms with Crippen LogP contribution in [-0.4, -0.2) is 60.4 Å². The number of benzene rings is 1. The number of thiazole rings is 1. The van der Waals surface area contributed by atoms with Crippen LogP contribution in [0.5, 0.6) is 0 Å². The third kappa shape index (κ3) is 5.42. The van der Waals surface area contributed by atoms with Gasteiger partial charge in [-0.25, -0.2) is 18.2 Å². The van der Waals surface area contributed by atoms with E-state index in [1.165, 1.54) is 17.4 Å². The lowest BCUT2D eigenvalue weighted by Gasteiger charge is -2.33. The zero-order valence-corrected chi connectivity index (χ0v) is 18.0. The summed E-state index contributed by atoms with van der Waals surface area (Å²) in [6, 6.07) is 7.18. The number of para-hydroxylation sites is 1. The molecule has 0 N–H and O–H groups in total. The molecule has 1 aliphatic heterocycles. The van der Waals surface area contributed by atoms with Crippen molar-refractivity contribution in [2.45, 2.75) is 38.8 Å². The lowest BCUT2D eigenvalue weighted by atomic mass is 10.1. The van der Waals surface area contributed by atoms with Crippen LogP contribution in [0.2, 0.25) is 0 Å². The van der Waals surface area contributed by atoms with Crippen molar-refractivity contribution in [3.8, 4) is 0 Å². The molecule has 2 heterocycles. The zero-order chi connectivity index (χ0) is 21.0. The van der Waals surface area contributed by atoms with Crippen LogP contribution in [0.15, 0.2) is 30.3 Å². The smallest absolute Gasteiger partial charge is 0.331 e. The van der Waals surface area contributed by atoms with Crippen LogP contribution in [0.25, 0.3) is 16.3 Å². The maximum absolute atomic E-state index is 12.7. The summed E-state index contributed by atoms with van der Waals surface area (Å²) in [7, 11) is -3.12. The zero-order valence-electron chi connectivity index (χ0n) is 16.4. The average Bonchev–Trinajstić information content (AvgIpc) is 3.27. The Kier molecular flexibility index (Phi) is 6.69. The molecular weight excluding hydrogens is 412 g/mol. The van der Waals surface area contributed by atoms with Crippen molar-refractivity contribution in [2.24, 2.45) is 0 Å². The summed E-state index contributed by atoms with van der Waals surface area (Å²) in [4.78, 5) is 30.6. The molecule has 0 radical (unpaired) electrons. The third-order valence-electron chi connectivity index (χ3n) is 4.97. The van der Waals surface area contributed by atoms with Crippen molar-refractivity contribution < 1.29 is 22.7 Å². The molecule has 1 fully saturated rings. The first kappa shape index (κ1) is 21.4. The van der Waals surface area contributed by atoms with Crippen LogP contribution in [0.4, 0.5) is 0 Å². The number of aromatic nitrogens is 1. The van der Waals surface area contributed by atoms with Crippen molar-refractivity contribution in [3.05, 3.63) is 35.3 Å². The summed E-state index contributed by atoms with van der Waals surface area (Å²) >= 11 is 1.45. The van der Waals surface area contributed by atoms with Crippen molar-refractivity contribution in [1.29, 1.82) is 0 Å². The van der Waals surface area contributed by atoms with Gasteiger partial charge in [-0.2, -0.15) is 0 Å². The monoisotopic (exact) mass is 436 g/mol. The highest BCUT2D eigenvalue weighted by atomic mass is 32.2. The molecule has 9 heteroatoms. The highest BCUT2D eigenvalue weighted by Gasteiger charge is 2.36. The Morgan fingerprint density at radius 1 is 1.38 bits per heavy atom. The van der Waals surface area contributed by atoms with E-state index in [4.69, 9.17) is 4.74 Å². The fourth-order valence-corrected chi connectivity index (χ4v) is 5.94. The number of fused-ring (bicyclic) bond motifs is 1. The van der Waals surface area contributed by atoms with Gasteiger partial charge in [0.05, 0.1) is 21.7 Å². The second-order valence-corrected chi connectivity index (χ2v) is 10.4. The number of hydrogen-bond acceptors (Lipinski definition) is 7. The Morgan fingerprint density at radius 3 is 2.79 bits per heavy atom. The van der Waals surface area contributed by atoms with E-state index in [0.717, 1.165) is 10.2 Å². The molecule has 0 bridgehead atoms. The molecule has 2 unspecified atom stereocenters. The summed E-state index contributed by atoms with van der Waals surface area (Å²) in [6.07, 6.45) is 3.92. The normalized spacial score (nSPS) is 19.4. The molecule has 0 aliphatic carbocycles. The van der Waals surface area contributed by atoms with Gasteiger partial charge < -0.3 is 9.64 Å². The number of amides is 1. The first-order valence-electron chi connectivity index (χ1n) is 9.51. The Bertz CT molecular complexity index is 995. The minimum Gasteiger partial charge on any atom is -0.452 e. The van der Waals surface area contributed by atoms with Gasteiger partial charge in [0.25, 0.3) is 5.91 Å². The number of hydrogen-bond donors (Lipinski definition) is 0. The molecule has 1 amide bonds. The minimum atomic E-state index is -3.12. The molecule has 3 rings (SSSR count). The largest absolute Gasteiger partial charge is 0.452 e. The number of sulfone groups is 1. The molecular formula is C20H24N2O5S2. The predicted octanol–water partition coefficient (Wildman–Crippen LogP) is 2.67. The Hall–Kier alpha value is -2.26. The van der Waals surface area contributed by atoms with Crippen molar-refractivity contribution >= 4 is 49.3 Å². The molecule has 1 aromatic heterocycles. The van der Waals surface area contributed by atoms with E-state index in [-0.39, 0.29) is 29.5 Å². The molecule has 1 saturated heterocycles. The number of carbonyl (C=O) groups excluding carboxylic acids is 2. The maximum atomic E-state index is 12.7. The first-order chi connectivity index (χ1) is 13.8. The summed E-state index contributed by atoms with van der Waals surface area (Å²) in [5.74, 6) is -0.958. The van der Waals surface area contributed by atoms with E-state index in [9.17, 15) is 18.0 Å². The summed E-state index contributed by atoms with van der Waals surface area (Å²) in [5.41, 5.74) is 0.858. The van der Waals surface area contributed by atoms with Crippen molar-refractivity contribution in [1.82, 2.24) is 9.88 Å². The number of ether oxygens (including phenoxy) is 1. The van der Waals surface area contributed by atoms with Crippen molar-refractivity contribution in [3.63, 3.8) is 0 Å². The fraction of sp³-hybridized carbons (Fsp3) is 0.450. The van der Waals surface area contributed by atoms with Gasteiger partial charge in [0.2, 0.25) is 0 Å². The van der Waals surface area contributed by atoms with Crippen LogP contribution in [0, 0.1) is 0 Å². The van der Waals surface area contributed by atoms with Gasteiger partial charge in [-0.15, -0.1) is 11.3 Å². The third-order valence-corrected chi connectivity index (χ3v) is 7.72. The number of esters is 1. The summed E-state index contributed by atoms with van der Waals surface area (Å²) in [6.45, 7) is 3.39. The van der Waals surface area contributed by atoms with Gasteiger partial charge in [0.15, 0.2) is 16.4 Å². The Balaban J connectivity index is 1.59. The SMILES string of the molecule is CCC(C)N(C(=O)COC(=O)C=Cc1nc2ccccc2s1)C1CCS(=O)(=O)C1. The Labute approximate surface area is 174 Å². The van der Waals surface area contributed by atoms with Crippen LogP contribution in [0.1, 0.15) is 31.7 Å². The van der Waals surface area contributed by atoms with E-state index < -0.39 is 22.4 Å². The van der Waals surface area contributed by atoms with Crippen LogP contribution in [-0.2, 0) is 24.2 Å². The van der Waals surface area contributed by atoms with Gasteiger partial charge >= 0.3 is 5.97 Å². The minimum absolute atomic E-state index is 0.0332. The molecule has 7 nitrogen and oxygen atoms in total. The van der Waals surface area contributed by atoms with Crippen LogP contribution >= 0.6 is 11.3 Å². The number of rotatable bonds is 7. The summed E-state index contributed by atoms with van der Waals surface area (Å²) in [5, 5.41) is 0.673. The number of nitrogens with zero attached hydrogens (tertiary/aromatic N) is 2. The highest BCUT2D eigenvalue weighted by molar-refractivity contribution is 7.91. The molecule has 29 heavy (non-hydrogen) atoms. The van der Waals surface area contributed by atoms with Crippen molar-refractivity contribution in [2.75, 3.05) is 18.1 Å².